The molecule has 0 aromatic carbocycles. The summed E-state index contributed by atoms with van der Waals surface area (Å²) in [6, 6.07) is 0. The molecule has 0 aliphatic heterocycles. The van der Waals surface area contributed by atoms with Gasteiger partial charge in [0.15, 0.2) is 0 Å². The Hall–Kier alpha value is -1.62. The van der Waals surface area contributed by atoms with Gasteiger partial charge in [-0.2, -0.15) is 0 Å². The minimum atomic E-state index is -0.373. The minimum absolute atomic E-state index is 0.126. The number of rotatable bonds is 8. The van der Waals surface area contributed by atoms with Crippen molar-refractivity contribution < 1.29 is 18.8 Å². The molecule has 0 aliphatic carbocycles. The molecular weight excluding hydrogens is 244 g/mol. The van der Waals surface area contributed by atoms with Crippen LogP contribution in [0.2, 0.25) is 0 Å². The summed E-state index contributed by atoms with van der Waals surface area (Å²) in [5.74, 6) is -0.499. The number of nitrogens with one attached hydrogen (secondary N) is 1. The maximum atomic E-state index is 11.3. The number of hydrogen-bond donors (Lipinski definition) is 1. The lowest BCUT2D eigenvalue weighted by Gasteiger charge is -2.28. The molecule has 0 radical (unpaired) electrons. The summed E-state index contributed by atoms with van der Waals surface area (Å²) >= 11 is 0. The van der Waals surface area contributed by atoms with Gasteiger partial charge in [0, 0.05) is 24.1 Å². The number of carbonyl (C=O) groups excluding carboxylic acids is 2. The van der Waals surface area contributed by atoms with Crippen LogP contribution in [0.4, 0.5) is 0 Å². The number of quaternary nitrogens is 1. The predicted octanol–water partition coefficient (Wildman–Crippen LogP) is 1.22. The van der Waals surface area contributed by atoms with Crippen molar-refractivity contribution in [3.8, 4) is 0 Å². The lowest BCUT2D eigenvalue weighted by Crippen LogP contribution is -2.44. The zero-order chi connectivity index (χ0) is 15.1. The number of amides is 1. The van der Waals surface area contributed by atoms with Gasteiger partial charge in [0.05, 0.1) is 20.6 Å². The highest BCUT2D eigenvalue weighted by Gasteiger charge is 2.17. The molecule has 0 aromatic heterocycles. The molecule has 0 aliphatic rings. The van der Waals surface area contributed by atoms with Crippen molar-refractivity contribution in [2.24, 2.45) is 0 Å². The van der Waals surface area contributed by atoms with Crippen LogP contribution in [0.15, 0.2) is 24.3 Å². The molecule has 1 N–H and O–H groups in total. The Morgan fingerprint density at radius 2 is 1.74 bits per heavy atom. The van der Waals surface area contributed by atoms with Gasteiger partial charge in [-0.15, -0.1) is 0 Å². The van der Waals surface area contributed by atoms with E-state index in [4.69, 9.17) is 4.74 Å². The molecule has 0 fully saturated rings. The quantitative estimate of drug-likeness (QED) is 0.237. The third kappa shape index (κ3) is 8.15. The van der Waals surface area contributed by atoms with Crippen LogP contribution in [-0.4, -0.2) is 50.3 Å². The molecule has 5 heteroatoms. The summed E-state index contributed by atoms with van der Waals surface area (Å²) in [5.41, 5.74) is 0.901. The molecule has 0 aromatic rings. The summed E-state index contributed by atoms with van der Waals surface area (Å²) in [6.07, 6.45) is 0.802. The standard InChI is InChI=1S/C14H24N2O3/c1-11(2)13(17)15-8-7-9-16(5,6)10-19-14(18)12(3)4/h1,3,7-10H2,2,4-6H3/p+1. The zero-order valence-electron chi connectivity index (χ0n) is 12.4. The molecule has 19 heavy (non-hydrogen) atoms. The van der Waals surface area contributed by atoms with E-state index in [2.05, 4.69) is 18.5 Å². The number of carbonyl (C=O) groups is 2. The summed E-state index contributed by atoms with van der Waals surface area (Å²) in [4.78, 5) is 22.5. The van der Waals surface area contributed by atoms with Gasteiger partial charge in [0.2, 0.25) is 12.6 Å². The largest absolute Gasteiger partial charge is 0.412 e. The predicted molar refractivity (Wildman–Crippen MR) is 75.2 cm³/mol. The second-order valence-corrected chi connectivity index (χ2v) is 5.39. The van der Waals surface area contributed by atoms with Crippen molar-refractivity contribution in [3.05, 3.63) is 24.3 Å². The van der Waals surface area contributed by atoms with Crippen LogP contribution in [0.25, 0.3) is 0 Å². The number of hydrogen-bond acceptors (Lipinski definition) is 3. The SMILES string of the molecule is C=C(C)C(=O)NCCC[N+](C)(C)COC(=O)C(=C)C. The highest BCUT2D eigenvalue weighted by Crippen LogP contribution is 2.02. The highest BCUT2D eigenvalue weighted by atomic mass is 16.5. The average molecular weight is 269 g/mol. The molecule has 0 spiro atoms. The van der Waals surface area contributed by atoms with Crippen molar-refractivity contribution in [1.29, 1.82) is 0 Å². The summed E-state index contributed by atoms with van der Waals surface area (Å²) < 4.78 is 5.66. The Bertz CT molecular complexity index is 373. The maximum Gasteiger partial charge on any atom is 0.337 e. The van der Waals surface area contributed by atoms with Crippen LogP contribution < -0.4 is 5.32 Å². The minimum Gasteiger partial charge on any atom is -0.412 e. The van der Waals surface area contributed by atoms with E-state index in [1.54, 1.807) is 13.8 Å². The molecular formula is C14H25N2O3+. The first-order valence-electron chi connectivity index (χ1n) is 6.24. The first kappa shape index (κ1) is 17.4. The summed E-state index contributed by atoms with van der Waals surface area (Å²) in [6.45, 7) is 12.1. The molecule has 0 unspecified atom stereocenters. The van der Waals surface area contributed by atoms with Gasteiger partial charge >= 0.3 is 5.97 Å². The Kier molecular flexibility index (Phi) is 7.08. The van der Waals surface area contributed by atoms with E-state index in [0.717, 1.165) is 13.0 Å². The van der Waals surface area contributed by atoms with E-state index in [-0.39, 0.29) is 11.9 Å². The van der Waals surface area contributed by atoms with Gasteiger partial charge in [-0.25, -0.2) is 4.79 Å². The molecule has 1 amide bonds. The molecule has 5 nitrogen and oxygen atoms in total. The molecule has 0 rings (SSSR count). The van der Waals surface area contributed by atoms with E-state index < -0.39 is 0 Å². The van der Waals surface area contributed by atoms with Gasteiger partial charge in [-0.3, -0.25) is 9.28 Å². The van der Waals surface area contributed by atoms with Crippen LogP contribution in [-0.2, 0) is 14.3 Å². The first-order chi connectivity index (χ1) is 8.65. The Balaban J connectivity index is 3.91. The number of esters is 1. The van der Waals surface area contributed by atoms with E-state index in [1.165, 1.54) is 0 Å². The van der Waals surface area contributed by atoms with Crippen molar-refractivity contribution in [2.45, 2.75) is 20.3 Å². The molecule has 0 saturated heterocycles. The molecule has 0 bridgehead atoms. The molecule has 108 valence electrons. The van der Waals surface area contributed by atoms with Crippen LogP contribution in [0.1, 0.15) is 20.3 Å². The van der Waals surface area contributed by atoms with E-state index >= 15 is 0 Å². The van der Waals surface area contributed by atoms with Gasteiger partial charge in [0.1, 0.15) is 0 Å². The molecule has 0 atom stereocenters. The lowest BCUT2D eigenvalue weighted by molar-refractivity contribution is -0.907. The molecule has 0 saturated carbocycles. The third-order valence-corrected chi connectivity index (χ3v) is 2.51. The Morgan fingerprint density at radius 1 is 1.16 bits per heavy atom. The van der Waals surface area contributed by atoms with Crippen molar-refractivity contribution in [3.63, 3.8) is 0 Å². The fourth-order valence-corrected chi connectivity index (χ4v) is 1.28. The second kappa shape index (κ2) is 7.74. The summed E-state index contributed by atoms with van der Waals surface area (Å²) in [5, 5.41) is 2.77. The molecule has 0 heterocycles. The average Bonchev–Trinajstić information content (AvgIpc) is 2.31. The van der Waals surface area contributed by atoms with E-state index in [1.807, 2.05) is 14.1 Å². The summed E-state index contributed by atoms with van der Waals surface area (Å²) in [7, 11) is 3.93. The number of ether oxygens (including phenoxy) is 1. The van der Waals surface area contributed by atoms with Crippen LogP contribution in [0, 0.1) is 0 Å². The van der Waals surface area contributed by atoms with Gasteiger partial charge in [-0.1, -0.05) is 13.2 Å². The Labute approximate surface area is 115 Å². The normalized spacial score (nSPS) is 10.7. The van der Waals surface area contributed by atoms with Crippen LogP contribution in [0.3, 0.4) is 0 Å². The van der Waals surface area contributed by atoms with Crippen LogP contribution >= 0.6 is 0 Å². The first-order valence-corrected chi connectivity index (χ1v) is 6.24. The van der Waals surface area contributed by atoms with Crippen molar-refractivity contribution in [1.82, 2.24) is 5.32 Å². The van der Waals surface area contributed by atoms with Crippen LogP contribution in [0.5, 0.6) is 0 Å². The third-order valence-electron chi connectivity index (χ3n) is 2.51. The fourth-order valence-electron chi connectivity index (χ4n) is 1.28. The lowest BCUT2D eigenvalue weighted by atomic mass is 10.3. The van der Waals surface area contributed by atoms with Gasteiger partial charge < -0.3 is 10.1 Å². The highest BCUT2D eigenvalue weighted by molar-refractivity contribution is 5.92. The van der Waals surface area contributed by atoms with Gasteiger partial charge in [0.25, 0.3) is 0 Å². The van der Waals surface area contributed by atoms with Crippen molar-refractivity contribution >= 4 is 11.9 Å². The van der Waals surface area contributed by atoms with E-state index in [0.29, 0.717) is 28.9 Å². The zero-order valence-corrected chi connectivity index (χ0v) is 12.4. The monoisotopic (exact) mass is 269 g/mol. The topological polar surface area (TPSA) is 55.4 Å². The smallest absolute Gasteiger partial charge is 0.337 e. The van der Waals surface area contributed by atoms with Gasteiger partial charge in [-0.05, 0) is 13.8 Å². The van der Waals surface area contributed by atoms with Crippen molar-refractivity contribution in [2.75, 3.05) is 33.9 Å². The Morgan fingerprint density at radius 3 is 2.21 bits per heavy atom. The second-order valence-electron chi connectivity index (χ2n) is 5.39. The van der Waals surface area contributed by atoms with E-state index in [9.17, 15) is 9.59 Å². The fraction of sp³-hybridized carbons (Fsp3) is 0.571. The number of nitrogens with zero attached hydrogens (tertiary/aromatic N) is 1. The maximum absolute atomic E-state index is 11.3.